The van der Waals surface area contributed by atoms with E-state index < -0.39 is 0 Å². The zero-order chi connectivity index (χ0) is 9.80. The molecule has 0 atom stereocenters. The van der Waals surface area contributed by atoms with Gasteiger partial charge in [0.15, 0.2) is 0 Å². The van der Waals surface area contributed by atoms with Crippen LogP contribution in [0.1, 0.15) is 0 Å². The van der Waals surface area contributed by atoms with E-state index in [1.807, 2.05) is 36.4 Å². The normalized spacial score (nSPS) is 9.71. The van der Waals surface area contributed by atoms with Crippen molar-refractivity contribution in [2.24, 2.45) is 0 Å². The van der Waals surface area contributed by atoms with Crippen LogP contribution in [-0.4, -0.2) is 0 Å². The second-order valence-corrected chi connectivity index (χ2v) is 2.89. The molecule has 1 radical (unpaired) electrons. The van der Waals surface area contributed by atoms with Crippen LogP contribution in [-0.2, 0) is 0 Å². The number of ether oxygens (including phenoxy) is 1. The summed E-state index contributed by atoms with van der Waals surface area (Å²) in [5, 5.41) is 0. The Labute approximate surface area is 82.9 Å². The van der Waals surface area contributed by atoms with E-state index in [1.165, 1.54) is 0 Å². The first-order chi connectivity index (χ1) is 6.84. The summed E-state index contributed by atoms with van der Waals surface area (Å²) >= 11 is 0. The van der Waals surface area contributed by atoms with Crippen LogP contribution in [0.4, 0.5) is 5.69 Å². The average molecular weight is 184 g/mol. The zero-order valence-electron chi connectivity index (χ0n) is 7.60. The average Bonchev–Trinajstić information content (AvgIpc) is 2.23. The van der Waals surface area contributed by atoms with Gasteiger partial charge in [-0.15, -0.1) is 0 Å². The van der Waals surface area contributed by atoms with Crippen LogP contribution in [0.5, 0.6) is 11.5 Å². The molecule has 0 fully saturated rings. The van der Waals surface area contributed by atoms with Crippen LogP contribution in [0.2, 0.25) is 0 Å². The number of para-hydroxylation sites is 1. The Hall–Kier alpha value is -1.96. The van der Waals surface area contributed by atoms with Gasteiger partial charge in [-0.05, 0) is 30.3 Å². The Kier molecular flexibility index (Phi) is 2.36. The molecule has 14 heavy (non-hydrogen) atoms. The predicted molar refractivity (Wildman–Crippen MR) is 56.2 cm³/mol. The number of hydrogen-bond acceptors (Lipinski definition) is 2. The fourth-order valence-corrected chi connectivity index (χ4v) is 1.11. The first-order valence-electron chi connectivity index (χ1n) is 4.35. The quantitative estimate of drug-likeness (QED) is 0.728. The monoisotopic (exact) mass is 184 g/mol. The molecular weight excluding hydrogens is 174 g/mol. The lowest BCUT2D eigenvalue weighted by Crippen LogP contribution is -1.86. The van der Waals surface area contributed by atoms with Crippen LogP contribution in [0.15, 0.2) is 48.5 Å². The molecule has 2 aromatic carbocycles. The van der Waals surface area contributed by atoms with Gasteiger partial charge in [-0.2, -0.15) is 0 Å². The van der Waals surface area contributed by atoms with E-state index in [9.17, 15) is 0 Å². The maximum atomic E-state index is 5.55. The Morgan fingerprint density at radius 1 is 0.929 bits per heavy atom. The van der Waals surface area contributed by atoms with Gasteiger partial charge >= 0.3 is 0 Å². The molecule has 0 unspecified atom stereocenters. The Balaban J connectivity index is 2.16. The molecule has 2 heteroatoms. The third kappa shape index (κ3) is 2.04. The molecule has 2 nitrogen and oxygen atoms in total. The number of hydrogen-bond donors (Lipinski definition) is 1. The highest BCUT2D eigenvalue weighted by Gasteiger charge is 1.94. The summed E-state index contributed by atoms with van der Waals surface area (Å²) < 4.78 is 5.55. The number of nitrogen functional groups attached to an aromatic ring is 1. The fraction of sp³-hybridized carbons (Fsp3) is 0. The van der Waals surface area contributed by atoms with Crippen molar-refractivity contribution >= 4 is 5.69 Å². The van der Waals surface area contributed by atoms with Crippen molar-refractivity contribution in [3.05, 3.63) is 54.6 Å². The van der Waals surface area contributed by atoms with Crippen molar-refractivity contribution in [3.63, 3.8) is 0 Å². The van der Waals surface area contributed by atoms with E-state index in [2.05, 4.69) is 6.07 Å². The van der Waals surface area contributed by atoms with Gasteiger partial charge in [-0.1, -0.05) is 18.2 Å². The van der Waals surface area contributed by atoms with Crippen LogP contribution in [0.3, 0.4) is 0 Å². The minimum Gasteiger partial charge on any atom is -0.457 e. The molecule has 0 bridgehead atoms. The lowest BCUT2D eigenvalue weighted by atomic mass is 10.3. The highest BCUT2D eigenvalue weighted by Crippen LogP contribution is 2.20. The minimum absolute atomic E-state index is 0.616. The van der Waals surface area contributed by atoms with Crippen LogP contribution in [0, 0.1) is 6.07 Å². The summed E-state index contributed by atoms with van der Waals surface area (Å²) in [4.78, 5) is 0. The smallest absolute Gasteiger partial charge is 0.128 e. The highest BCUT2D eigenvalue weighted by molar-refractivity contribution is 5.41. The second kappa shape index (κ2) is 3.83. The van der Waals surface area contributed by atoms with Gasteiger partial charge in [0.2, 0.25) is 0 Å². The van der Waals surface area contributed by atoms with Gasteiger partial charge in [0, 0.05) is 11.8 Å². The predicted octanol–water partition coefficient (Wildman–Crippen LogP) is 2.86. The molecule has 0 aromatic heterocycles. The molecule has 2 rings (SSSR count). The molecule has 2 aromatic rings. The highest BCUT2D eigenvalue weighted by atomic mass is 16.5. The van der Waals surface area contributed by atoms with Gasteiger partial charge < -0.3 is 10.5 Å². The van der Waals surface area contributed by atoms with Crippen molar-refractivity contribution in [1.82, 2.24) is 0 Å². The fourth-order valence-electron chi connectivity index (χ4n) is 1.11. The molecule has 0 heterocycles. The number of rotatable bonds is 2. The Morgan fingerprint density at radius 3 is 2.36 bits per heavy atom. The topological polar surface area (TPSA) is 35.2 Å². The largest absolute Gasteiger partial charge is 0.457 e. The summed E-state index contributed by atoms with van der Waals surface area (Å²) in [6, 6.07) is 17.8. The summed E-state index contributed by atoms with van der Waals surface area (Å²) in [6.07, 6.45) is 0. The molecule has 0 amide bonds. The van der Waals surface area contributed by atoms with Crippen LogP contribution < -0.4 is 10.5 Å². The van der Waals surface area contributed by atoms with Crippen molar-refractivity contribution in [2.45, 2.75) is 0 Å². The molecule has 0 saturated carbocycles. The second-order valence-electron chi connectivity index (χ2n) is 2.89. The summed E-state index contributed by atoms with van der Waals surface area (Å²) in [5.41, 5.74) is 6.13. The molecule has 0 spiro atoms. The molecule has 0 aliphatic heterocycles. The third-order valence-electron chi connectivity index (χ3n) is 1.79. The molecule has 0 saturated heterocycles. The van der Waals surface area contributed by atoms with Crippen molar-refractivity contribution < 1.29 is 4.74 Å². The Morgan fingerprint density at radius 2 is 1.71 bits per heavy atom. The van der Waals surface area contributed by atoms with Gasteiger partial charge in [-0.3, -0.25) is 0 Å². The zero-order valence-corrected chi connectivity index (χ0v) is 7.60. The summed E-state index contributed by atoms with van der Waals surface area (Å²) in [5.74, 6) is 1.55. The number of benzene rings is 2. The lowest BCUT2D eigenvalue weighted by molar-refractivity contribution is 0.482. The van der Waals surface area contributed by atoms with Crippen molar-refractivity contribution in [1.29, 1.82) is 0 Å². The minimum atomic E-state index is 0.616. The van der Waals surface area contributed by atoms with Crippen molar-refractivity contribution in [2.75, 3.05) is 5.73 Å². The third-order valence-corrected chi connectivity index (χ3v) is 1.79. The van der Waals surface area contributed by atoms with Crippen LogP contribution >= 0.6 is 0 Å². The molecule has 0 aliphatic carbocycles. The van der Waals surface area contributed by atoms with E-state index >= 15 is 0 Å². The molecule has 2 N–H and O–H groups in total. The van der Waals surface area contributed by atoms with E-state index in [1.54, 1.807) is 12.1 Å². The summed E-state index contributed by atoms with van der Waals surface area (Å²) in [6.45, 7) is 0. The SMILES string of the molecule is Nc1[c]cc(Oc2ccccc2)cc1. The van der Waals surface area contributed by atoms with E-state index in [-0.39, 0.29) is 0 Å². The lowest BCUT2D eigenvalue weighted by Gasteiger charge is -2.04. The maximum Gasteiger partial charge on any atom is 0.128 e. The van der Waals surface area contributed by atoms with Gasteiger partial charge in [-0.25, -0.2) is 0 Å². The number of anilines is 1. The van der Waals surface area contributed by atoms with Gasteiger partial charge in [0.05, 0.1) is 0 Å². The van der Waals surface area contributed by atoms with E-state index in [4.69, 9.17) is 10.5 Å². The van der Waals surface area contributed by atoms with Gasteiger partial charge in [0.25, 0.3) is 0 Å². The molecular formula is C12H10NO. The molecule has 69 valence electrons. The van der Waals surface area contributed by atoms with E-state index in [0.717, 1.165) is 11.5 Å². The van der Waals surface area contributed by atoms with E-state index in [0.29, 0.717) is 5.69 Å². The first-order valence-corrected chi connectivity index (χ1v) is 4.35. The first kappa shape index (κ1) is 8.63. The number of nitrogens with two attached hydrogens (primary N) is 1. The van der Waals surface area contributed by atoms with Gasteiger partial charge in [0.1, 0.15) is 11.5 Å². The van der Waals surface area contributed by atoms with Crippen LogP contribution in [0.25, 0.3) is 0 Å². The molecule has 0 aliphatic rings. The summed E-state index contributed by atoms with van der Waals surface area (Å²) in [7, 11) is 0. The maximum absolute atomic E-state index is 5.55. The Bertz CT molecular complexity index is 394. The standard InChI is InChI=1S/C12H10NO/c13-10-6-8-12(9-7-10)14-11-4-2-1-3-5-11/h1-6,8-9H,13H2. The van der Waals surface area contributed by atoms with Crippen molar-refractivity contribution in [3.8, 4) is 11.5 Å².